The highest BCUT2D eigenvalue weighted by atomic mass is 32.2. The monoisotopic (exact) mass is 611 g/mol. The number of sulfone groups is 1. The average molecular weight is 612 g/mol. The minimum absolute atomic E-state index is 0.0202. The van der Waals surface area contributed by atoms with Crippen LogP contribution in [-0.2, 0) is 25.9 Å². The summed E-state index contributed by atoms with van der Waals surface area (Å²) in [6, 6.07) is 24.5. The van der Waals surface area contributed by atoms with Gasteiger partial charge in [0.15, 0.2) is 0 Å². The van der Waals surface area contributed by atoms with Crippen molar-refractivity contribution in [2.45, 2.75) is 23.3 Å². The molecule has 4 aromatic carbocycles. The molecule has 0 bridgehead atoms. The lowest BCUT2D eigenvalue weighted by Gasteiger charge is -2.20. The summed E-state index contributed by atoms with van der Waals surface area (Å²) in [6.45, 7) is 1.81. The van der Waals surface area contributed by atoms with E-state index in [9.17, 15) is 22.8 Å². The third-order valence-electron chi connectivity index (χ3n) is 7.35. The SMILES string of the molecule is COC(=O)c1cc2c(cc(S(=O)(=O)c3ccc(C)cc3)c(=O)n2Cc2ccccc2)c(-c2ccc(OC)cc2)c1C(=O)OC. The van der Waals surface area contributed by atoms with Gasteiger partial charge in [-0.2, -0.15) is 0 Å². The molecule has 0 atom stereocenters. The van der Waals surface area contributed by atoms with E-state index in [1.807, 2.05) is 13.0 Å². The highest BCUT2D eigenvalue weighted by molar-refractivity contribution is 7.91. The van der Waals surface area contributed by atoms with Crippen LogP contribution >= 0.6 is 0 Å². The third-order valence-corrected chi connectivity index (χ3v) is 9.11. The van der Waals surface area contributed by atoms with Crippen LogP contribution in [0, 0.1) is 6.92 Å². The predicted molar refractivity (Wildman–Crippen MR) is 165 cm³/mol. The molecule has 0 unspecified atom stereocenters. The van der Waals surface area contributed by atoms with E-state index in [0.717, 1.165) is 5.56 Å². The first kappa shape index (κ1) is 30.2. The van der Waals surface area contributed by atoms with Crippen molar-refractivity contribution in [2.24, 2.45) is 0 Å². The van der Waals surface area contributed by atoms with Gasteiger partial charge in [-0.25, -0.2) is 18.0 Å². The van der Waals surface area contributed by atoms with Crippen molar-refractivity contribution in [3.63, 3.8) is 0 Å². The molecule has 1 aromatic heterocycles. The zero-order valence-electron chi connectivity index (χ0n) is 24.5. The predicted octanol–water partition coefficient (Wildman–Crippen LogP) is 5.44. The van der Waals surface area contributed by atoms with Crippen LogP contribution in [0.25, 0.3) is 22.0 Å². The molecule has 0 saturated carbocycles. The van der Waals surface area contributed by atoms with Crippen LogP contribution in [0.2, 0.25) is 0 Å². The number of hydrogen-bond donors (Lipinski definition) is 0. The Balaban J connectivity index is 1.99. The van der Waals surface area contributed by atoms with Crippen molar-refractivity contribution >= 4 is 32.7 Å². The van der Waals surface area contributed by atoms with Crippen molar-refractivity contribution in [1.29, 1.82) is 0 Å². The molecule has 0 aliphatic carbocycles. The number of nitrogens with zero attached hydrogens (tertiary/aromatic N) is 1. The first-order valence-corrected chi connectivity index (χ1v) is 15.0. The minimum atomic E-state index is -4.33. The zero-order valence-corrected chi connectivity index (χ0v) is 25.3. The van der Waals surface area contributed by atoms with E-state index in [2.05, 4.69) is 0 Å². The topological polar surface area (TPSA) is 118 Å². The van der Waals surface area contributed by atoms with E-state index in [1.54, 1.807) is 60.7 Å². The van der Waals surface area contributed by atoms with Crippen LogP contribution in [0.1, 0.15) is 31.8 Å². The summed E-state index contributed by atoms with van der Waals surface area (Å²) in [5.41, 5.74) is 1.36. The lowest BCUT2D eigenvalue weighted by Crippen LogP contribution is -2.28. The van der Waals surface area contributed by atoms with Gasteiger partial charge in [0.1, 0.15) is 10.6 Å². The quantitative estimate of drug-likeness (QED) is 0.213. The maximum atomic E-state index is 14.2. The van der Waals surface area contributed by atoms with Crippen molar-refractivity contribution < 1.29 is 32.2 Å². The van der Waals surface area contributed by atoms with Gasteiger partial charge >= 0.3 is 11.9 Å². The fourth-order valence-corrected chi connectivity index (χ4v) is 6.45. The number of esters is 2. The number of rotatable bonds is 8. The number of aromatic nitrogens is 1. The first-order chi connectivity index (χ1) is 21.1. The van der Waals surface area contributed by atoms with Crippen LogP contribution in [0.4, 0.5) is 0 Å². The fraction of sp³-hybridized carbons (Fsp3) is 0.147. The summed E-state index contributed by atoms with van der Waals surface area (Å²) in [6.07, 6.45) is 0. The van der Waals surface area contributed by atoms with Crippen LogP contribution in [0.5, 0.6) is 5.75 Å². The number of ether oxygens (including phenoxy) is 3. The Morgan fingerprint density at radius 3 is 2.02 bits per heavy atom. The summed E-state index contributed by atoms with van der Waals surface area (Å²) in [5.74, 6) is -1.15. The smallest absolute Gasteiger partial charge is 0.339 e. The van der Waals surface area contributed by atoms with Gasteiger partial charge in [0.25, 0.3) is 5.56 Å². The van der Waals surface area contributed by atoms with Gasteiger partial charge in [-0.3, -0.25) is 4.79 Å². The lowest BCUT2D eigenvalue weighted by atomic mass is 9.90. The first-order valence-electron chi connectivity index (χ1n) is 13.5. The van der Waals surface area contributed by atoms with Gasteiger partial charge in [0.05, 0.1) is 49.4 Å². The normalized spacial score (nSPS) is 11.3. The van der Waals surface area contributed by atoms with Gasteiger partial charge in [0.2, 0.25) is 9.84 Å². The van der Waals surface area contributed by atoms with E-state index in [0.29, 0.717) is 16.9 Å². The number of hydrogen-bond acceptors (Lipinski definition) is 8. The number of aryl methyl sites for hydroxylation is 1. The maximum absolute atomic E-state index is 14.2. The molecule has 0 N–H and O–H groups in total. The van der Waals surface area contributed by atoms with E-state index < -0.39 is 32.2 Å². The van der Waals surface area contributed by atoms with Gasteiger partial charge in [0, 0.05) is 10.9 Å². The molecule has 10 heteroatoms. The number of carbonyl (C=O) groups is 2. The van der Waals surface area contributed by atoms with Crippen molar-refractivity contribution in [1.82, 2.24) is 4.57 Å². The fourth-order valence-electron chi connectivity index (χ4n) is 5.09. The van der Waals surface area contributed by atoms with Gasteiger partial charge < -0.3 is 18.8 Å². The summed E-state index contributed by atoms with van der Waals surface area (Å²) < 4.78 is 44.8. The molecule has 5 rings (SSSR count). The van der Waals surface area contributed by atoms with Gasteiger partial charge in [-0.15, -0.1) is 0 Å². The number of benzene rings is 4. The summed E-state index contributed by atoms with van der Waals surface area (Å²) >= 11 is 0. The van der Waals surface area contributed by atoms with Crippen LogP contribution < -0.4 is 10.3 Å². The minimum Gasteiger partial charge on any atom is -0.497 e. The Morgan fingerprint density at radius 1 is 0.795 bits per heavy atom. The average Bonchev–Trinajstić information content (AvgIpc) is 3.05. The number of carbonyl (C=O) groups excluding carboxylic acids is 2. The standard InChI is InChI=1S/C34H29NO8S/c1-21-10-16-25(17-11-21)44(39,40)29-19-26-28(35(32(29)36)20-22-8-6-5-7-9-22)18-27(33(37)42-3)31(34(38)43-4)30(26)23-12-14-24(41-2)15-13-23/h5-19H,20H2,1-4H3. The molecule has 0 spiro atoms. The van der Waals surface area contributed by atoms with Crippen LogP contribution in [0.15, 0.2) is 106 Å². The summed E-state index contributed by atoms with van der Waals surface area (Å²) in [7, 11) is -0.475. The Morgan fingerprint density at radius 2 is 1.43 bits per heavy atom. The van der Waals surface area contributed by atoms with E-state index in [1.165, 1.54) is 50.2 Å². The van der Waals surface area contributed by atoms with Gasteiger partial charge in [-0.05, 0) is 54.4 Å². The Bertz CT molecular complexity index is 2050. The molecular weight excluding hydrogens is 582 g/mol. The molecule has 0 radical (unpaired) electrons. The zero-order chi connectivity index (χ0) is 31.6. The molecular formula is C34H29NO8S. The van der Waals surface area contributed by atoms with Crippen molar-refractivity contribution in [3.05, 3.63) is 124 Å². The van der Waals surface area contributed by atoms with Crippen molar-refractivity contribution in [3.8, 4) is 16.9 Å². The van der Waals surface area contributed by atoms with E-state index >= 15 is 0 Å². The Labute approximate surface area is 254 Å². The number of fused-ring (bicyclic) bond motifs is 1. The number of pyridine rings is 1. The number of methoxy groups -OCH3 is 3. The molecule has 0 amide bonds. The van der Waals surface area contributed by atoms with E-state index in [4.69, 9.17) is 14.2 Å². The molecule has 0 aliphatic rings. The van der Waals surface area contributed by atoms with Gasteiger partial charge in [-0.1, -0.05) is 60.2 Å². The largest absolute Gasteiger partial charge is 0.497 e. The molecule has 0 saturated heterocycles. The summed E-state index contributed by atoms with van der Waals surface area (Å²) in [4.78, 5) is 40.1. The second-order valence-corrected chi connectivity index (χ2v) is 11.9. The third kappa shape index (κ3) is 5.47. The molecule has 224 valence electrons. The van der Waals surface area contributed by atoms with Crippen LogP contribution in [0.3, 0.4) is 0 Å². The summed E-state index contributed by atoms with van der Waals surface area (Å²) in [5, 5.41) is 0.240. The second-order valence-electron chi connectivity index (χ2n) is 10.0. The molecule has 44 heavy (non-hydrogen) atoms. The Hall–Kier alpha value is -5.22. The maximum Gasteiger partial charge on any atom is 0.339 e. The van der Waals surface area contributed by atoms with Crippen molar-refractivity contribution in [2.75, 3.05) is 21.3 Å². The second kappa shape index (κ2) is 12.2. The molecule has 1 heterocycles. The molecule has 5 aromatic rings. The Kier molecular flexibility index (Phi) is 8.37. The lowest BCUT2D eigenvalue weighted by molar-refractivity contribution is 0.0556. The highest BCUT2D eigenvalue weighted by Gasteiger charge is 2.30. The molecule has 0 aliphatic heterocycles. The van der Waals surface area contributed by atoms with Crippen LogP contribution in [-0.4, -0.2) is 46.3 Å². The van der Waals surface area contributed by atoms with E-state index in [-0.39, 0.29) is 39.0 Å². The highest BCUT2D eigenvalue weighted by Crippen LogP contribution is 2.37. The molecule has 0 fully saturated rings. The molecule has 9 nitrogen and oxygen atoms in total.